The Bertz CT molecular complexity index is 1120. The minimum Gasteiger partial charge on any atom is -0.462 e. The molecule has 32 heavy (non-hydrogen) atoms. The molecule has 2 aromatic rings. The van der Waals surface area contributed by atoms with Gasteiger partial charge in [-0.1, -0.05) is 30.7 Å². The molecule has 0 spiro atoms. The maximum atomic E-state index is 13.3. The first-order valence-electron chi connectivity index (χ1n) is 9.56. The maximum Gasteiger partial charge on any atom is 0.339 e. The van der Waals surface area contributed by atoms with Crippen LogP contribution in [0, 0.1) is 5.82 Å². The summed E-state index contributed by atoms with van der Waals surface area (Å²) < 4.78 is 18.4. The molecule has 0 unspecified atom stereocenters. The number of carbonyl (C=O) groups excluding carboxylic acids is 4. The van der Waals surface area contributed by atoms with Crippen molar-refractivity contribution in [3.8, 4) is 0 Å². The number of esters is 1. The third-order valence-corrected chi connectivity index (χ3v) is 5.47. The van der Waals surface area contributed by atoms with Crippen LogP contribution in [0.25, 0.3) is 6.08 Å². The van der Waals surface area contributed by atoms with Gasteiger partial charge in [-0.2, -0.15) is 0 Å². The Morgan fingerprint density at radius 1 is 1.22 bits per heavy atom. The minimum atomic E-state index is -0.653. The fraction of sp³-hybridized carbons (Fsp3) is 0.182. The molecular weight excluding hydrogens is 459 g/mol. The summed E-state index contributed by atoms with van der Waals surface area (Å²) in [5.74, 6) is -2.39. The van der Waals surface area contributed by atoms with Crippen molar-refractivity contribution >= 4 is 58.1 Å². The van der Waals surface area contributed by atoms with Crippen molar-refractivity contribution in [3.63, 3.8) is 0 Å². The molecule has 0 saturated carbocycles. The van der Waals surface area contributed by atoms with E-state index in [4.69, 9.17) is 16.3 Å². The number of nitrogens with zero attached hydrogens (tertiary/aromatic N) is 1. The number of amides is 3. The van der Waals surface area contributed by atoms with Crippen molar-refractivity contribution in [1.82, 2.24) is 4.90 Å². The van der Waals surface area contributed by atoms with Gasteiger partial charge in [0.2, 0.25) is 5.91 Å². The van der Waals surface area contributed by atoms with Crippen molar-refractivity contribution in [2.45, 2.75) is 13.3 Å². The number of nitrogens with one attached hydrogen (secondary N) is 1. The molecule has 1 aliphatic heterocycles. The van der Waals surface area contributed by atoms with Crippen LogP contribution in [0.2, 0.25) is 5.02 Å². The van der Waals surface area contributed by atoms with Gasteiger partial charge in [0.25, 0.3) is 11.1 Å². The highest BCUT2D eigenvalue weighted by Gasteiger charge is 2.36. The number of ether oxygens (including phenoxy) is 1. The first-order chi connectivity index (χ1) is 15.3. The SMILES string of the molecule is CCCOC(=O)c1cc(NC(=O)CN2C(=O)S/C(=C/c3cccc(F)c3)C2=O)ccc1Cl. The third-order valence-electron chi connectivity index (χ3n) is 4.23. The third kappa shape index (κ3) is 5.74. The minimum absolute atomic E-state index is 0.0841. The largest absolute Gasteiger partial charge is 0.462 e. The summed E-state index contributed by atoms with van der Waals surface area (Å²) in [6.45, 7) is 1.56. The first kappa shape index (κ1) is 23.5. The molecule has 0 atom stereocenters. The molecule has 1 aliphatic rings. The fourth-order valence-corrected chi connectivity index (χ4v) is 3.79. The van der Waals surface area contributed by atoms with Crippen molar-refractivity contribution in [3.05, 3.63) is 69.3 Å². The van der Waals surface area contributed by atoms with Crippen LogP contribution >= 0.6 is 23.4 Å². The fourth-order valence-electron chi connectivity index (χ4n) is 2.76. The zero-order valence-electron chi connectivity index (χ0n) is 16.9. The molecule has 10 heteroatoms. The van der Waals surface area contributed by atoms with E-state index in [0.717, 1.165) is 4.90 Å². The molecule has 1 fully saturated rings. The molecule has 0 aromatic heterocycles. The Morgan fingerprint density at radius 2 is 2.00 bits per heavy atom. The molecule has 3 rings (SSSR count). The summed E-state index contributed by atoms with van der Waals surface area (Å²) in [7, 11) is 0. The van der Waals surface area contributed by atoms with E-state index in [1.54, 1.807) is 6.07 Å². The number of benzene rings is 2. The van der Waals surface area contributed by atoms with Gasteiger partial charge in [0.05, 0.1) is 22.1 Å². The van der Waals surface area contributed by atoms with Gasteiger partial charge < -0.3 is 10.1 Å². The average molecular weight is 477 g/mol. The number of carbonyl (C=O) groups is 4. The van der Waals surface area contributed by atoms with Crippen molar-refractivity contribution < 1.29 is 28.3 Å². The van der Waals surface area contributed by atoms with Gasteiger partial charge in [-0.15, -0.1) is 0 Å². The van der Waals surface area contributed by atoms with Crippen molar-refractivity contribution in [2.24, 2.45) is 0 Å². The maximum absolute atomic E-state index is 13.3. The van der Waals surface area contributed by atoms with E-state index in [1.807, 2.05) is 6.92 Å². The molecular formula is C22H18ClFN2O5S. The lowest BCUT2D eigenvalue weighted by Gasteiger charge is -2.13. The number of hydrogen-bond acceptors (Lipinski definition) is 6. The number of hydrogen-bond donors (Lipinski definition) is 1. The number of imide groups is 1. The molecule has 2 aromatic carbocycles. The highest BCUT2D eigenvalue weighted by molar-refractivity contribution is 8.18. The normalized spacial score (nSPS) is 14.7. The number of thioether (sulfide) groups is 1. The van der Waals surface area contributed by atoms with E-state index in [0.29, 0.717) is 23.7 Å². The second-order valence-corrected chi connectivity index (χ2v) is 8.10. The quantitative estimate of drug-likeness (QED) is 0.459. The topological polar surface area (TPSA) is 92.8 Å². The predicted octanol–water partition coefficient (Wildman–Crippen LogP) is 4.72. The second kappa shape index (κ2) is 10.4. The summed E-state index contributed by atoms with van der Waals surface area (Å²) in [6, 6.07) is 9.83. The average Bonchev–Trinajstić information content (AvgIpc) is 3.00. The van der Waals surface area contributed by atoms with Crippen LogP contribution in [-0.2, 0) is 14.3 Å². The lowest BCUT2D eigenvalue weighted by atomic mass is 10.2. The van der Waals surface area contributed by atoms with Crippen LogP contribution in [0.3, 0.4) is 0 Å². The van der Waals surface area contributed by atoms with Gasteiger partial charge in [-0.05, 0) is 60.2 Å². The number of halogens is 2. The monoisotopic (exact) mass is 476 g/mol. The molecule has 0 aliphatic carbocycles. The van der Waals surface area contributed by atoms with Crippen LogP contribution in [0.4, 0.5) is 14.9 Å². The lowest BCUT2D eigenvalue weighted by Crippen LogP contribution is -2.36. The zero-order valence-corrected chi connectivity index (χ0v) is 18.5. The summed E-state index contributed by atoms with van der Waals surface area (Å²) in [4.78, 5) is 50.1. The molecule has 166 valence electrons. The van der Waals surface area contributed by atoms with Gasteiger partial charge in [0.1, 0.15) is 12.4 Å². The van der Waals surface area contributed by atoms with Gasteiger partial charge in [0.15, 0.2) is 0 Å². The van der Waals surface area contributed by atoms with Gasteiger partial charge in [-0.25, -0.2) is 9.18 Å². The molecule has 7 nitrogen and oxygen atoms in total. The van der Waals surface area contributed by atoms with Crippen molar-refractivity contribution in [1.29, 1.82) is 0 Å². The molecule has 3 amide bonds. The highest BCUT2D eigenvalue weighted by Crippen LogP contribution is 2.32. The van der Waals surface area contributed by atoms with Crippen LogP contribution in [0.1, 0.15) is 29.3 Å². The molecule has 0 bridgehead atoms. The lowest BCUT2D eigenvalue weighted by molar-refractivity contribution is -0.127. The Balaban J connectivity index is 1.68. The molecule has 0 radical (unpaired) electrons. The zero-order chi connectivity index (χ0) is 23.3. The molecule has 1 N–H and O–H groups in total. The molecule has 1 saturated heterocycles. The predicted molar refractivity (Wildman–Crippen MR) is 120 cm³/mol. The van der Waals surface area contributed by atoms with Crippen LogP contribution in [0.5, 0.6) is 0 Å². The highest BCUT2D eigenvalue weighted by atomic mass is 35.5. The standard InChI is InChI=1S/C22H18ClFN2O5S/c1-2-8-31-21(29)16-11-15(6-7-17(16)23)25-19(27)12-26-20(28)18(32-22(26)30)10-13-4-3-5-14(24)9-13/h3-7,9-11H,2,8,12H2,1H3,(H,25,27)/b18-10+. The number of anilines is 1. The summed E-state index contributed by atoms with van der Waals surface area (Å²) in [6.07, 6.45) is 2.03. The Morgan fingerprint density at radius 3 is 2.72 bits per heavy atom. The smallest absolute Gasteiger partial charge is 0.339 e. The van der Waals surface area contributed by atoms with Gasteiger partial charge >= 0.3 is 5.97 Å². The molecule has 1 heterocycles. The summed E-state index contributed by atoms with van der Waals surface area (Å²) in [5.41, 5.74) is 0.760. The first-order valence-corrected chi connectivity index (χ1v) is 10.8. The van der Waals surface area contributed by atoms with Crippen LogP contribution < -0.4 is 5.32 Å². The second-order valence-electron chi connectivity index (χ2n) is 6.70. The Labute approximate surface area is 192 Å². The van der Waals surface area contributed by atoms with E-state index in [1.165, 1.54) is 42.5 Å². The van der Waals surface area contributed by atoms with Gasteiger partial charge in [0, 0.05) is 5.69 Å². The van der Waals surface area contributed by atoms with Crippen LogP contribution in [0.15, 0.2) is 47.4 Å². The van der Waals surface area contributed by atoms with Crippen LogP contribution in [-0.4, -0.2) is 41.1 Å². The Hall–Kier alpha value is -3.17. The van der Waals surface area contributed by atoms with E-state index < -0.39 is 35.4 Å². The van der Waals surface area contributed by atoms with E-state index in [-0.39, 0.29) is 27.8 Å². The van der Waals surface area contributed by atoms with E-state index in [9.17, 15) is 23.6 Å². The summed E-state index contributed by atoms with van der Waals surface area (Å²) in [5, 5.41) is 2.08. The van der Waals surface area contributed by atoms with Gasteiger partial charge in [-0.3, -0.25) is 19.3 Å². The van der Waals surface area contributed by atoms with Crippen molar-refractivity contribution in [2.75, 3.05) is 18.5 Å². The van der Waals surface area contributed by atoms with E-state index >= 15 is 0 Å². The summed E-state index contributed by atoms with van der Waals surface area (Å²) >= 11 is 6.70. The Kier molecular flexibility index (Phi) is 7.66. The number of rotatable bonds is 7. The van der Waals surface area contributed by atoms with E-state index in [2.05, 4.69) is 5.32 Å².